The number of aliphatic carboxylic acids is 2. The minimum absolute atomic E-state index is 0.172. The van der Waals surface area contributed by atoms with Crippen LogP contribution in [0.2, 0.25) is 0 Å². The van der Waals surface area contributed by atoms with Gasteiger partial charge in [0.15, 0.2) is 0 Å². The lowest BCUT2D eigenvalue weighted by Gasteiger charge is -2.21. The third-order valence-electron chi connectivity index (χ3n) is 3.25. The third kappa shape index (κ3) is 9.06. The van der Waals surface area contributed by atoms with Gasteiger partial charge in [0.05, 0.1) is 6.04 Å². The van der Waals surface area contributed by atoms with E-state index >= 15 is 0 Å². The summed E-state index contributed by atoms with van der Waals surface area (Å²) in [7, 11) is 0. The van der Waals surface area contributed by atoms with Gasteiger partial charge in [0.1, 0.15) is 12.1 Å². The lowest BCUT2D eigenvalue weighted by Crippen LogP contribution is -2.54. The predicted molar refractivity (Wildman–Crippen MR) is 84.9 cm³/mol. The number of hydrogen-bond acceptors (Lipinski definition) is 6. The quantitative estimate of drug-likeness (QED) is 0.228. The van der Waals surface area contributed by atoms with E-state index < -0.39 is 41.9 Å². The first-order valence-electron chi connectivity index (χ1n) is 7.70. The van der Waals surface area contributed by atoms with Crippen LogP contribution >= 0.6 is 0 Å². The fourth-order valence-electron chi connectivity index (χ4n) is 1.86. The van der Waals surface area contributed by atoms with Crippen molar-refractivity contribution < 1.29 is 29.4 Å². The van der Waals surface area contributed by atoms with E-state index in [2.05, 4.69) is 10.6 Å². The number of amides is 2. The van der Waals surface area contributed by atoms with E-state index in [0.29, 0.717) is 19.4 Å². The summed E-state index contributed by atoms with van der Waals surface area (Å²) in [5.41, 5.74) is 10.7. The summed E-state index contributed by atoms with van der Waals surface area (Å²) in [5.74, 6) is -3.74. The summed E-state index contributed by atoms with van der Waals surface area (Å²) < 4.78 is 0. The molecule has 0 radical (unpaired) electrons. The lowest BCUT2D eigenvalue weighted by molar-refractivity contribution is -0.143. The Morgan fingerprint density at radius 2 is 1.54 bits per heavy atom. The molecular formula is C14H26N4O6. The largest absolute Gasteiger partial charge is 0.481 e. The van der Waals surface area contributed by atoms with Crippen molar-refractivity contribution in [2.75, 3.05) is 6.54 Å². The molecule has 0 heterocycles. The van der Waals surface area contributed by atoms with Gasteiger partial charge in [0.25, 0.3) is 0 Å². The van der Waals surface area contributed by atoms with E-state index in [-0.39, 0.29) is 19.3 Å². The number of nitrogens with two attached hydrogens (primary N) is 2. The van der Waals surface area contributed by atoms with Gasteiger partial charge in [-0.05, 0) is 39.2 Å². The predicted octanol–water partition coefficient (Wildman–Crippen LogP) is -1.62. The molecule has 0 aromatic heterocycles. The zero-order chi connectivity index (χ0) is 18.7. The highest BCUT2D eigenvalue weighted by molar-refractivity contribution is 5.91. The third-order valence-corrected chi connectivity index (χ3v) is 3.25. The fraction of sp³-hybridized carbons (Fsp3) is 0.714. The molecule has 3 atom stereocenters. The molecule has 24 heavy (non-hydrogen) atoms. The van der Waals surface area contributed by atoms with Crippen LogP contribution in [-0.4, -0.2) is 58.6 Å². The highest BCUT2D eigenvalue weighted by Gasteiger charge is 2.27. The molecule has 0 saturated heterocycles. The van der Waals surface area contributed by atoms with Crippen LogP contribution in [0.25, 0.3) is 0 Å². The molecule has 0 rings (SSSR count). The average Bonchev–Trinajstić information content (AvgIpc) is 2.49. The maximum atomic E-state index is 12.2. The molecule has 0 spiro atoms. The van der Waals surface area contributed by atoms with Crippen LogP contribution < -0.4 is 22.1 Å². The van der Waals surface area contributed by atoms with Crippen LogP contribution in [0.3, 0.4) is 0 Å². The van der Waals surface area contributed by atoms with Crippen LogP contribution in [0.4, 0.5) is 0 Å². The van der Waals surface area contributed by atoms with Crippen LogP contribution in [0.15, 0.2) is 0 Å². The Hall–Kier alpha value is -2.20. The van der Waals surface area contributed by atoms with Gasteiger partial charge in [-0.3, -0.25) is 14.4 Å². The first-order valence-corrected chi connectivity index (χ1v) is 7.70. The summed E-state index contributed by atoms with van der Waals surface area (Å²) in [4.78, 5) is 45.7. The Morgan fingerprint density at radius 3 is 2.00 bits per heavy atom. The minimum atomic E-state index is -1.21. The maximum Gasteiger partial charge on any atom is 0.326 e. The zero-order valence-corrected chi connectivity index (χ0v) is 13.7. The highest BCUT2D eigenvalue weighted by Crippen LogP contribution is 2.04. The molecule has 0 saturated carbocycles. The van der Waals surface area contributed by atoms with Crippen molar-refractivity contribution in [3.05, 3.63) is 0 Å². The zero-order valence-electron chi connectivity index (χ0n) is 13.7. The van der Waals surface area contributed by atoms with Gasteiger partial charge in [-0.15, -0.1) is 0 Å². The van der Waals surface area contributed by atoms with E-state index in [9.17, 15) is 19.2 Å². The second-order valence-corrected chi connectivity index (χ2v) is 5.47. The summed E-state index contributed by atoms with van der Waals surface area (Å²) in [5, 5.41) is 22.5. The number of carbonyl (C=O) groups is 4. The van der Waals surface area contributed by atoms with Crippen molar-refractivity contribution in [1.82, 2.24) is 10.6 Å². The Kier molecular flexibility index (Phi) is 10.3. The summed E-state index contributed by atoms with van der Waals surface area (Å²) in [6, 6.07) is -3.19. The number of unbranched alkanes of at least 4 members (excludes halogenated alkanes) is 1. The van der Waals surface area contributed by atoms with E-state index in [0.717, 1.165) is 0 Å². The standard InChI is InChI=1S/C14H26N4O6/c1-8(16)12(21)17-9(5-6-11(19)20)13(22)18-10(14(23)24)4-2-3-7-15/h8-10H,2-7,15-16H2,1H3,(H,17,21)(H,18,22)(H,19,20)(H,23,24)/t8-,9-,10+/m1/s1. The Labute approximate surface area is 139 Å². The molecular weight excluding hydrogens is 320 g/mol. The van der Waals surface area contributed by atoms with Gasteiger partial charge in [-0.25, -0.2) is 4.79 Å². The van der Waals surface area contributed by atoms with E-state index in [4.69, 9.17) is 21.7 Å². The van der Waals surface area contributed by atoms with Gasteiger partial charge >= 0.3 is 11.9 Å². The van der Waals surface area contributed by atoms with Crippen LogP contribution in [0, 0.1) is 0 Å². The molecule has 2 amide bonds. The molecule has 138 valence electrons. The normalized spacial score (nSPS) is 14.3. The van der Waals surface area contributed by atoms with Gasteiger partial charge in [-0.1, -0.05) is 0 Å². The van der Waals surface area contributed by atoms with Crippen LogP contribution in [-0.2, 0) is 19.2 Å². The summed E-state index contributed by atoms with van der Waals surface area (Å²) in [6.45, 7) is 1.82. The Morgan fingerprint density at radius 1 is 0.958 bits per heavy atom. The van der Waals surface area contributed by atoms with Crippen molar-refractivity contribution in [1.29, 1.82) is 0 Å². The molecule has 0 aliphatic carbocycles. The van der Waals surface area contributed by atoms with E-state index in [1.54, 1.807) is 0 Å². The number of hydrogen-bond donors (Lipinski definition) is 6. The van der Waals surface area contributed by atoms with Crippen LogP contribution in [0.1, 0.15) is 39.0 Å². The number of carboxylic acids is 2. The minimum Gasteiger partial charge on any atom is -0.481 e. The van der Waals surface area contributed by atoms with Crippen molar-refractivity contribution in [2.45, 2.75) is 57.2 Å². The number of rotatable bonds is 12. The molecule has 8 N–H and O–H groups in total. The molecule has 10 heteroatoms. The Bertz CT molecular complexity index is 455. The van der Waals surface area contributed by atoms with Crippen LogP contribution in [0.5, 0.6) is 0 Å². The summed E-state index contributed by atoms with van der Waals surface area (Å²) >= 11 is 0. The fourth-order valence-corrected chi connectivity index (χ4v) is 1.86. The molecule has 0 aliphatic rings. The molecule has 0 bridgehead atoms. The van der Waals surface area contributed by atoms with Crippen molar-refractivity contribution in [2.24, 2.45) is 11.5 Å². The number of carbonyl (C=O) groups excluding carboxylic acids is 2. The topological polar surface area (TPSA) is 185 Å². The van der Waals surface area contributed by atoms with Gasteiger partial charge < -0.3 is 32.3 Å². The highest BCUT2D eigenvalue weighted by atomic mass is 16.4. The van der Waals surface area contributed by atoms with Gasteiger partial charge in [0, 0.05) is 6.42 Å². The van der Waals surface area contributed by atoms with Gasteiger partial charge in [0.2, 0.25) is 11.8 Å². The molecule has 0 aromatic rings. The average molecular weight is 346 g/mol. The van der Waals surface area contributed by atoms with Crippen molar-refractivity contribution >= 4 is 23.8 Å². The monoisotopic (exact) mass is 346 g/mol. The first-order chi connectivity index (χ1) is 11.2. The van der Waals surface area contributed by atoms with E-state index in [1.807, 2.05) is 0 Å². The second-order valence-electron chi connectivity index (χ2n) is 5.47. The second kappa shape index (κ2) is 11.4. The molecule has 0 aliphatic heterocycles. The SMILES string of the molecule is C[C@@H](N)C(=O)N[C@H](CCC(=O)O)C(=O)N[C@@H](CCCCN)C(=O)O. The van der Waals surface area contributed by atoms with Gasteiger partial charge in [-0.2, -0.15) is 0 Å². The maximum absolute atomic E-state index is 12.2. The number of nitrogens with one attached hydrogen (secondary N) is 2. The lowest BCUT2D eigenvalue weighted by atomic mass is 10.1. The molecule has 0 unspecified atom stereocenters. The first kappa shape index (κ1) is 21.8. The van der Waals surface area contributed by atoms with Crippen molar-refractivity contribution in [3.8, 4) is 0 Å². The number of carboxylic acid groups (broad SMARTS) is 2. The molecule has 10 nitrogen and oxygen atoms in total. The smallest absolute Gasteiger partial charge is 0.326 e. The van der Waals surface area contributed by atoms with E-state index in [1.165, 1.54) is 6.92 Å². The molecule has 0 fully saturated rings. The molecule has 0 aromatic carbocycles. The summed E-state index contributed by atoms with van der Waals surface area (Å²) in [6.07, 6.45) is 0.783. The van der Waals surface area contributed by atoms with Crippen molar-refractivity contribution in [3.63, 3.8) is 0 Å². The Balaban J connectivity index is 4.87.